The molecule has 0 atom stereocenters. The van der Waals surface area contributed by atoms with Gasteiger partial charge in [-0.15, -0.1) is 0 Å². The molecule has 0 bridgehead atoms. The third-order valence-electron chi connectivity index (χ3n) is 0.458. The van der Waals surface area contributed by atoms with E-state index >= 15 is 0 Å². The minimum absolute atomic E-state index is 0.470. The van der Waals surface area contributed by atoms with Crippen LogP contribution in [0.5, 0.6) is 0 Å². The molecule has 0 aromatic carbocycles. The summed E-state index contributed by atoms with van der Waals surface area (Å²) >= 11 is 1.41. The first-order valence-corrected chi connectivity index (χ1v) is 7.99. The highest BCUT2D eigenvalue weighted by atomic mass is 33.4. The van der Waals surface area contributed by atoms with Crippen LogP contribution in [0, 0.1) is 32.0 Å². The lowest BCUT2D eigenvalue weighted by molar-refractivity contribution is 0.601. The predicted molar refractivity (Wildman–Crippen MR) is 47.2 cm³/mol. The van der Waals surface area contributed by atoms with Gasteiger partial charge >= 0.3 is 0 Å². The summed E-state index contributed by atoms with van der Waals surface area (Å²) in [5.41, 5.74) is 0. The number of rotatable bonds is 3. The monoisotopic (exact) mass is 221 g/mol. The third-order valence-corrected chi connectivity index (χ3v) is 8.15. The van der Waals surface area contributed by atoms with E-state index in [1.165, 1.54) is 0 Å². The molecule has 11 heavy (non-hydrogen) atoms. The zero-order valence-electron chi connectivity index (χ0n) is 4.92. The van der Waals surface area contributed by atoms with Gasteiger partial charge in [-0.25, -0.2) is 0 Å². The van der Waals surface area contributed by atoms with Crippen LogP contribution >= 0.6 is 38.9 Å². The van der Waals surface area contributed by atoms with E-state index in [4.69, 9.17) is 15.8 Å². The molecule has 0 aromatic rings. The van der Waals surface area contributed by atoms with Crippen molar-refractivity contribution >= 4 is 38.9 Å². The van der Waals surface area contributed by atoms with E-state index in [0.717, 1.165) is 0 Å². The molecule has 0 aliphatic heterocycles. The Kier molecular flexibility index (Phi) is 5.28. The third kappa shape index (κ3) is 4.24. The minimum Gasteiger partial charge on any atom is -0.285 e. The molecular weight excluding hydrogens is 221 g/mol. The fourth-order valence-electron chi connectivity index (χ4n) is 0.206. The molecule has 0 radical (unpaired) electrons. The molecule has 4 nitrogen and oxygen atoms in total. The molecule has 0 rings (SSSR count). The maximum Gasteiger partial charge on any atom is 0.285 e. The quantitative estimate of drug-likeness (QED) is 0.534. The van der Waals surface area contributed by atoms with Gasteiger partial charge in [0.05, 0.1) is 0 Å². The summed E-state index contributed by atoms with van der Waals surface area (Å²) in [6.45, 7) is 0. The lowest BCUT2D eigenvalue weighted by Gasteiger charge is -1.99. The summed E-state index contributed by atoms with van der Waals surface area (Å²) in [5.74, 6) is 0. The van der Waals surface area contributed by atoms with Crippen molar-refractivity contribution < 1.29 is 4.57 Å². The zero-order chi connectivity index (χ0) is 8.74. The summed E-state index contributed by atoms with van der Waals surface area (Å²) in [6, 6.07) is 0. The van der Waals surface area contributed by atoms with E-state index in [1.807, 2.05) is 0 Å². The van der Waals surface area contributed by atoms with Crippen molar-refractivity contribution in [3.63, 3.8) is 0 Å². The van der Waals surface area contributed by atoms with Crippen LogP contribution in [-0.2, 0) is 4.57 Å². The predicted octanol–water partition coefficient (Wildman–Crippen LogP) is 2.74. The van der Waals surface area contributed by atoms with Crippen LogP contribution in [0.3, 0.4) is 0 Å². The van der Waals surface area contributed by atoms with Crippen molar-refractivity contribution in [1.82, 2.24) is 0 Å². The van der Waals surface area contributed by atoms with Gasteiger partial charge in [0.1, 0.15) is 16.2 Å². The zero-order valence-corrected chi connectivity index (χ0v) is 8.27. The van der Waals surface area contributed by atoms with Gasteiger partial charge in [0.2, 0.25) is 0 Å². The maximum atomic E-state index is 11.2. The van der Waals surface area contributed by atoms with Gasteiger partial charge in [-0.3, -0.25) is 4.57 Å². The molecule has 0 unspecified atom stereocenters. The molecule has 0 saturated heterocycles. The Morgan fingerprint density at radius 1 is 0.909 bits per heavy atom. The Morgan fingerprint density at radius 2 is 1.18 bits per heavy atom. The highest BCUT2D eigenvalue weighted by Crippen LogP contribution is 2.77. The van der Waals surface area contributed by atoms with Crippen LogP contribution in [0.4, 0.5) is 0 Å². The Morgan fingerprint density at radius 3 is 1.36 bits per heavy atom. The highest BCUT2D eigenvalue weighted by molar-refractivity contribution is 9.16. The summed E-state index contributed by atoms with van der Waals surface area (Å²) in [6.07, 6.45) is 0. The normalized spacial score (nSPS) is 9.18. The molecule has 0 aromatic heterocycles. The summed E-state index contributed by atoms with van der Waals surface area (Å²) in [5, 5.41) is 29.2. The van der Waals surface area contributed by atoms with Crippen molar-refractivity contribution in [2.24, 2.45) is 0 Å². The van der Waals surface area contributed by atoms with Crippen molar-refractivity contribution in [1.29, 1.82) is 15.8 Å². The van der Waals surface area contributed by atoms with Gasteiger partial charge < -0.3 is 0 Å². The maximum absolute atomic E-state index is 11.2. The number of hydrogen-bond donors (Lipinski definition) is 0. The molecule has 8 heteroatoms. The van der Waals surface area contributed by atoms with Crippen LogP contribution in [0.2, 0.25) is 0 Å². The van der Waals surface area contributed by atoms with Crippen LogP contribution in [0.1, 0.15) is 0 Å². The molecule has 0 spiro atoms. The first kappa shape index (κ1) is 10.8. The number of nitriles is 3. The van der Waals surface area contributed by atoms with Crippen molar-refractivity contribution in [3.05, 3.63) is 0 Å². The van der Waals surface area contributed by atoms with Crippen molar-refractivity contribution in [2.75, 3.05) is 0 Å². The molecular formula is C3N3OPS3. The molecule has 0 amide bonds. The Hall–Kier alpha value is -0.250. The second-order valence-electron chi connectivity index (χ2n) is 0.995. The SMILES string of the molecule is N#CSP(=O)(SC#N)SC#N. The van der Waals surface area contributed by atoms with E-state index in [9.17, 15) is 4.57 Å². The summed E-state index contributed by atoms with van der Waals surface area (Å²) in [4.78, 5) is 0. The van der Waals surface area contributed by atoms with E-state index in [2.05, 4.69) is 0 Å². The van der Waals surface area contributed by atoms with Crippen LogP contribution in [0.25, 0.3) is 0 Å². The highest BCUT2D eigenvalue weighted by Gasteiger charge is 2.25. The van der Waals surface area contributed by atoms with E-state index in [-0.39, 0.29) is 0 Å². The summed E-state index contributed by atoms with van der Waals surface area (Å²) < 4.78 is 8.18. The smallest absolute Gasteiger partial charge is 0.285 e. The van der Waals surface area contributed by atoms with Gasteiger partial charge in [0.15, 0.2) is 0 Å². The van der Waals surface area contributed by atoms with Crippen LogP contribution in [-0.4, -0.2) is 0 Å². The van der Waals surface area contributed by atoms with Crippen LogP contribution < -0.4 is 0 Å². The van der Waals surface area contributed by atoms with Crippen molar-refractivity contribution in [3.8, 4) is 16.2 Å². The largest absolute Gasteiger partial charge is 0.285 e. The molecule has 0 N–H and O–H groups in total. The van der Waals surface area contributed by atoms with E-state index in [0.29, 0.717) is 34.1 Å². The molecule has 0 fully saturated rings. The van der Waals surface area contributed by atoms with Gasteiger partial charge in [-0.1, -0.05) is 0 Å². The number of nitrogens with zero attached hydrogens (tertiary/aromatic N) is 3. The molecule has 0 heterocycles. The molecule has 56 valence electrons. The molecule has 0 aliphatic rings. The summed E-state index contributed by atoms with van der Waals surface area (Å²) in [7, 11) is 0. The Bertz CT molecular complexity index is 249. The number of hydrogen-bond acceptors (Lipinski definition) is 7. The number of thiocyanates is 3. The van der Waals surface area contributed by atoms with Crippen molar-refractivity contribution in [2.45, 2.75) is 0 Å². The first-order valence-electron chi connectivity index (χ1n) is 2.01. The molecule has 0 aliphatic carbocycles. The molecule has 0 saturated carbocycles. The van der Waals surface area contributed by atoms with Gasteiger partial charge in [0, 0.05) is 34.1 Å². The fourth-order valence-corrected chi connectivity index (χ4v) is 4.66. The second-order valence-corrected chi connectivity index (χ2v) is 11.3. The van der Waals surface area contributed by atoms with Gasteiger partial charge in [-0.2, -0.15) is 15.8 Å². The lowest BCUT2D eigenvalue weighted by Crippen LogP contribution is -1.55. The second kappa shape index (κ2) is 5.41. The Balaban J connectivity index is 4.34. The fraction of sp³-hybridized carbons (Fsp3) is 0. The topological polar surface area (TPSA) is 88.4 Å². The van der Waals surface area contributed by atoms with Gasteiger partial charge in [-0.05, 0) is 0 Å². The average molecular weight is 221 g/mol. The van der Waals surface area contributed by atoms with E-state index in [1.54, 1.807) is 16.2 Å². The van der Waals surface area contributed by atoms with E-state index < -0.39 is 4.75 Å². The first-order chi connectivity index (χ1) is 5.18. The average Bonchev–Trinajstić information content (AvgIpc) is 1.88. The minimum atomic E-state index is -3.05. The lowest BCUT2D eigenvalue weighted by atomic mass is 11.8. The standard InChI is InChI=1S/C3N3OPS3/c4-1-9-8(7,10-2-5)11-3-6. The van der Waals surface area contributed by atoms with Crippen LogP contribution in [0.15, 0.2) is 0 Å². The Labute approximate surface area is 75.6 Å². The van der Waals surface area contributed by atoms with Gasteiger partial charge in [0.25, 0.3) is 4.75 Å².